The second kappa shape index (κ2) is 9.76. The summed E-state index contributed by atoms with van der Waals surface area (Å²) in [4.78, 5) is 8.91. The number of nitrogens with one attached hydrogen (secondary N) is 2. The van der Waals surface area contributed by atoms with Crippen LogP contribution in [0.2, 0.25) is 10.3 Å². The van der Waals surface area contributed by atoms with Crippen LogP contribution in [-0.2, 0) is 7.05 Å². The van der Waals surface area contributed by atoms with Gasteiger partial charge in [0.2, 0.25) is 0 Å². The molecule has 3 heterocycles. The second-order valence-electron chi connectivity index (χ2n) is 8.38. The van der Waals surface area contributed by atoms with E-state index in [0.717, 1.165) is 22.4 Å². The summed E-state index contributed by atoms with van der Waals surface area (Å²) < 4.78 is 1.82. The standard InChI is InChI=1S/C23H27Cl2N7/c1-12(2)16-11-17(28-23-21(16)14(5)31-32(23)6)22(13(3)4)30-20(7-8-26)27-15-9-18(24)29-19(25)10-15/h7,9-13,22,30H,1-6H3,(H,27,29)/b20-7+. The molecule has 0 fully saturated rings. The molecule has 3 rings (SSSR count). The third-order valence-electron chi connectivity index (χ3n) is 5.19. The maximum absolute atomic E-state index is 9.35. The van der Waals surface area contributed by atoms with Gasteiger partial charge in [-0.2, -0.15) is 10.4 Å². The van der Waals surface area contributed by atoms with Gasteiger partial charge in [0.05, 0.1) is 29.6 Å². The maximum atomic E-state index is 9.35. The van der Waals surface area contributed by atoms with Crippen molar-refractivity contribution in [1.29, 1.82) is 5.26 Å². The smallest absolute Gasteiger partial charge is 0.158 e. The van der Waals surface area contributed by atoms with Gasteiger partial charge >= 0.3 is 0 Å². The molecule has 0 saturated heterocycles. The zero-order valence-corrected chi connectivity index (χ0v) is 20.5. The topological polar surface area (TPSA) is 91.5 Å². The number of nitrogens with zero attached hydrogens (tertiary/aromatic N) is 5. The third kappa shape index (κ3) is 5.14. The molecule has 1 atom stereocenters. The van der Waals surface area contributed by atoms with Crippen LogP contribution in [0, 0.1) is 24.2 Å². The zero-order valence-electron chi connectivity index (χ0n) is 19.0. The number of fused-ring (bicyclic) bond motifs is 1. The van der Waals surface area contributed by atoms with E-state index in [1.807, 2.05) is 18.7 Å². The maximum Gasteiger partial charge on any atom is 0.158 e. The summed E-state index contributed by atoms with van der Waals surface area (Å²) in [5.41, 5.74) is 4.53. The molecular formula is C23H27Cl2N7. The zero-order chi connectivity index (χ0) is 23.6. The first-order valence-corrected chi connectivity index (χ1v) is 11.2. The molecule has 9 heteroatoms. The number of anilines is 1. The Bertz CT molecular complexity index is 1190. The molecule has 3 aromatic heterocycles. The van der Waals surface area contributed by atoms with Crippen molar-refractivity contribution in [3.8, 4) is 6.07 Å². The van der Waals surface area contributed by atoms with Gasteiger partial charge in [0.1, 0.15) is 16.1 Å². The van der Waals surface area contributed by atoms with Gasteiger partial charge in [-0.3, -0.25) is 4.68 Å². The monoisotopic (exact) mass is 471 g/mol. The predicted octanol–water partition coefficient (Wildman–Crippen LogP) is 5.87. The van der Waals surface area contributed by atoms with Crippen LogP contribution in [0.5, 0.6) is 0 Å². The Balaban J connectivity index is 2.03. The fourth-order valence-electron chi connectivity index (χ4n) is 3.73. The number of allylic oxidation sites excluding steroid dienone is 1. The Morgan fingerprint density at radius 3 is 2.34 bits per heavy atom. The first-order valence-electron chi connectivity index (χ1n) is 10.4. The largest absolute Gasteiger partial charge is 0.362 e. The van der Waals surface area contributed by atoms with Gasteiger partial charge < -0.3 is 10.6 Å². The number of hydrogen-bond donors (Lipinski definition) is 2. The van der Waals surface area contributed by atoms with Crippen LogP contribution in [0.3, 0.4) is 0 Å². The van der Waals surface area contributed by atoms with Crippen molar-refractivity contribution in [2.24, 2.45) is 13.0 Å². The van der Waals surface area contributed by atoms with Crippen molar-refractivity contribution in [3.63, 3.8) is 0 Å². The number of rotatable bonds is 7. The van der Waals surface area contributed by atoms with E-state index in [0.29, 0.717) is 17.4 Å². The molecule has 0 aliphatic heterocycles. The Labute approximate surface area is 198 Å². The molecular weight excluding hydrogens is 445 g/mol. The van der Waals surface area contributed by atoms with E-state index in [4.69, 9.17) is 28.2 Å². The molecule has 32 heavy (non-hydrogen) atoms. The number of aromatic nitrogens is 4. The molecule has 0 bridgehead atoms. The van der Waals surface area contributed by atoms with Gasteiger partial charge in [0.15, 0.2) is 5.65 Å². The van der Waals surface area contributed by atoms with Crippen molar-refractivity contribution >= 4 is 39.9 Å². The van der Waals surface area contributed by atoms with E-state index in [2.05, 4.69) is 60.5 Å². The van der Waals surface area contributed by atoms with Crippen LogP contribution in [0.15, 0.2) is 30.1 Å². The van der Waals surface area contributed by atoms with Crippen LogP contribution in [0.4, 0.5) is 5.69 Å². The fourth-order valence-corrected chi connectivity index (χ4v) is 4.19. The van der Waals surface area contributed by atoms with E-state index < -0.39 is 0 Å². The lowest BCUT2D eigenvalue weighted by molar-refractivity contribution is 0.438. The summed E-state index contributed by atoms with van der Waals surface area (Å²) in [5, 5.41) is 22.2. The van der Waals surface area contributed by atoms with Crippen LogP contribution in [0.1, 0.15) is 56.6 Å². The molecule has 0 aliphatic rings. The normalized spacial score (nSPS) is 13.0. The minimum absolute atomic E-state index is 0.160. The second-order valence-corrected chi connectivity index (χ2v) is 9.15. The Hall–Kier alpha value is -2.82. The van der Waals surface area contributed by atoms with Crippen molar-refractivity contribution in [3.05, 3.63) is 57.4 Å². The van der Waals surface area contributed by atoms with Gasteiger partial charge in [0.25, 0.3) is 0 Å². The van der Waals surface area contributed by atoms with Crippen LogP contribution in [0.25, 0.3) is 11.0 Å². The van der Waals surface area contributed by atoms with E-state index >= 15 is 0 Å². The quantitative estimate of drug-likeness (QED) is 0.330. The fraction of sp³-hybridized carbons (Fsp3) is 0.391. The summed E-state index contributed by atoms with van der Waals surface area (Å²) in [6.07, 6.45) is 1.41. The number of nitriles is 1. The Kier molecular flexibility index (Phi) is 7.27. The predicted molar refractivity (Wildman–Crippen MR) is 130 cm³/mol. The van der Waals surface area contributed by atoms with Crippen LogP contribution >= 0.6 is 23.2 Å². The first kappa shape index (κ1) is 23.8. The molecule has 2 N–H and O–H groups in total. The summed E-state index contributed by atoms with van der Waals surface area (Å²) in [7, 11) is 1.91. The van der Waals surface area contributed by atoms with Gasteiger partial charge in [0, 0.05) is 18.1 Å². The average molecular weight is 472 g/mol. The molecule has 3 aromatic rings. The summed E-state index contributed by atoms with van der Waals surface area (Å²) in [5.74, 6) is 1.00. The number of aryl methyl sites for hydroxylation is 2. The molecule has 7 nitrogen and oxygen atoms in total. The summed E-state index contributed by atoms with van der Waals surface area (Å²) >= 11 is 12.0. The van der Waals surface area contributed by atoms with Gasteiger partial charge in [-0.25, -0.2) is 9.97 Å². The number of halogens is 2. The van der Waals surface area contributed by atoms with Gasteiger partial charge in [-0.1, -0.05) is 50.9 Å². The van der Waals surface area contributed by atoms with Gasteiger partial charge in [-0.05, 0) is 42.5 Å². The molecule has 0 amide bonds. The van der Waals surface area contributed by atoms with E-state index in [-0.39, 0.29) is 22.3 Å². The minimum Gasteiger partial charge on any atom is -0.362 e. The molecule has 0 saturated carbocycles. The molecule has 168 valence electrons. The lowest BCUT2D eigenvalue weighted by Gasteiger charge is -2.26. The Morgan fingerprint density at radius 1 is 1.12 bits per heavy atom. The van der Waals surface area contributed by atoms with Gasteiger partial charge in [-0.15, -0.1) is 0 Å². The molecule has 0 aromatic carbocycles. The lowest BCUT2D eigenvalue weighted by atomic mass is 9.94. The highest BCUT2D eigenvalue weighted by Crippen LogP contribution is 2.32. The number of hydrogen-bond acceptors (Lipinski definition) is 6. The average Bonchev–Trinajstić information content (AvgIpc) is 2.98. The molecule has 0 radical (unpaired) electrons. The molecule has 0 spiro atoms. The third-order valence-corrected chi connectivity index (χ3v) is 5.58. The highest BCUT2D eigenvalue weighted by atomic mass is 35.5. The van der Waals surface area contributed by atoms with E-state index in [1.54, 1.807) is 12.1 Å². The first-order chi connectivity index (χ1) is 15.1. The minimum atomic E-state index is -0.160. The number of pyridine rings is 2. The summed E-state index contributed by atoms with van der Waals surface area (Å²) in [6, 6.07) is 7.35. The van der Waals surface area contributed by atoms with E-state index in [9.17, 15) is 5.26 Å². The van der Waals surface area contributed by atoms with Crippen molar-refractivity contribution in [1.82, 2.24) is 25.1 Å². The molecule has 1 unspecified atom stereocenters. The summed E-state index contributed by atoms with van der Waals surface area (Å²) in [6.45, 7) is 10.6. The SMILES string of the molecule is Cc1nn(C)c2nc(C(N/C(=C/C#N)Nc3cc(Cl)nc(Cl)c3)C(C)C)cc(C(C)C)c12. The highest BCUT2D eigenvalue weighted by molar-refractivity contribution is 6.32. The molecule has 0 aliphatic carbocycles. The highest BCUT2D eigenvalue weighted by Gasteiger charge is 2.23. The Morgan fingerprint density at radius 2 is 1.78 bits per heavy atom. The van der Waals surface area contributed by atoms with Crippen LogP contribution in [-0.4, -0.2) is 19.7 Å². The van der Waals surface area contributed by atoms with Crippen molar-refractivity contribution in [2.45, 2.75) is 46.6 Å². The van der Waals surface area contributed by atoms with Crippen molar-refractivity contribution in [2.75, 3.05) is 5.32 Å². The lowest BCUT2D eigenvalue weighted by Crippen LogP contribution is -2.29. The van der Waals surface area contributed by atoms with Crippen molar-refractivity contribution < 1.29 is 0 Å². The van der Waals surface area contributed by atoms with Crippen LogP contribution < -0.4 is 10.6 Å². The van der Waals surface area contributed by atoms with E-state index in [1.165, 1.54) is 11.6 Å².